The fraction of sp³-hybridized carbons (Fsp3) is 0.600. The molecule has 2 rings (SSSR count). The van der Waals surface area contributed by atoms with Crippen LogP contribution in [0.2, 0.25) is 0 Å². The summed E-state index contributed by atoms with van der Waals surface area (Å²) in [4.78, 5) is 18.0. The summed E-state index contributed by atoms with van der Waals surface area (Å²) in [5.74, 6) is 0.221. The minimum absolute atomic E-state index is 0.0198. The third kappa shape index (κ3) is 4.15. The van der Waals surface area contributed by atoms with Gasteiger partial charge in [-0.25, -0.2) is 4.98 Å². The second kappa shape index (κ2) is 6.89. The number of likely N-dealkylation sites (tertiary alicyclic amines) is 1. The van der Waals surface area contributed by atoms with Crippen LogP contribution >= 0.6 is 11.8 Å². The van der Waals surface area contributed by atoms with Crippen molar-refractivity contribution < 1.29 is 18.0 Å². The molecule has 1 aliphatic rings. The molecule has 122 valence electrons. The molecule has 1 amide bonds. The van der Waals surface area contributed by atoms with Crippen LogP contribution in [0, 0.1) is 0 Å². The van der Waals surface area contributed by atoms with Gasteiger partial charge in [0.1, 0.15) is 0 Å². The Morgan fingerprint density at radius 1 is 1.32 bits per heavy atom. The zero-order chi connectivity index (χ0) is 16.3. The number of hydrogen-bond donors (Lipinski definition) is 0. The number of aromatic nitrogens is 1. The van der Waals surface area contributed by atoms with E-state index in [0.717, 1.165) is 31.5 Å². The van der Waals surface area contributed by atoms with Gasteiger partial charge in [-0.05, 0) is 45.2 Å². The summed E-state index contributed by atoms with van der Waals surface area (Å²) < 4.78 is 37.4. The zero-order valence-corrected chi connectivity index (χ0v) is 13.4. The van der Waals surface area contributed by atoms with Crippen LogP contribution in [-0.4, -0.2) is 33.6 Å². The van der Waals surface area contributed by atoms with Crippen molar-refractivity contribution in [1.82, 2.24) is 9.88 Å². The maximum absolute atomic E-state index is 12.5. The van der Waals surface area contributed by atoms with Crippen molar-refractivity contribution in [2.45, 2.75) is 56.4 Å². The third-order valence-corrected chi connectivity index (χ3v) is 4.82. The number of alkyl halides is 3. The minimum atomic E-state index is -4.38. The van der Waals surface area contributed by atoms with E-state index >= 15 is 0 Å². The van der Waals surface area contributed by atoms with Gasteiger partial charge in [-0.1, -0.05) is 11.8 Å². The molecule has 0 N–H and O–H groups in total. The number of thioether (sulfide) groups is 1. The Balaban J connectivity index is 1.93. The number of piperidine rings is 1. The lowest BCUT2D eigenvalue weighted by Crippen LogP contribution is -2.48. The molecule has 22 heavy (non-hydrogen) atoms. The van der Waals surface area contributed by atoms with E-state index in [1.165, 1.54) is 17.8 Å². The lowest BCUT2D eigenvalue weighted by Gasteiger charge is -2.39. The van der Waals surface area contributed by atoms with Gasteiger partial charge in [-0.2, -0.15) is 13.2 Å². The monoisotopic (exact) mass is 332 g/mol. The molecule has 1 aliphatic heterocycles. The van der Waals surface area contributed by atoms with Gasteiger partial charge in [0.25, 0.3) is 0 Å². The van der Waals surface area contributed by atoms with Gasteiger partial charge >= 0.3 is 6.18 Å². The van der Waals surface area contributed by atoms with E-state index in [1.54, 1.807) is 0 Å². The van der Waals surface area contributed by atoms with Gasteiger partial charge < -0.3 is 4.90 Å². The van der Waals surface area contributed by atoms with Gasteiger partial charge in [-0.3, -0.25) is 4.79 Å². The number of carbonyl (C=O) groups is 1. The van der Waals surface area contributed by atoms with Gasteiger partial charge in [-0.15, -0.1) is 0 Å². The summed E-state index contributed by atoms with van der Waals surface area (Å²) >= 11 is 1.18. The van der Waals surface area contributed by atoms with Crippen LogP contribution in [0.3, 0.4) is 0 Å². The largest absolute Gasteiger partial charge is 0.417 e. The first-order chi connectivity index (χ1) is 10.3. The van der Waals surface area contributed by atoms with Crippen molar-refractivity contribution in [2.24, 2.45) is 0 Å². The van der Waals surface area contributed by atoms with E-state index in [2.05, 4.69) is 4.98 Å². The Morgan fingerprint density at radius 3 is 2.45 bits per heavy atom. The lowest BCUT2D eigenvalue weighted by molar-refractivity contribution is -0.138. The maximum Gasteiger partial charge on any atom is 0.417 e. The van der Waals surface area contributed by atoms with E-state index in [-0.39, 0.29) is 23.7 Å². The average Bonchev–Trinajstić information content (AvgIpc) is 2.44. The second-order valence-corrected chi connectivity index (χ2v) is 6.60. The standard InChI is InChI=1S/C15H19F3N2OS/c1-10-4-3-5-11(2)20(10)14(21)9-22-13-7-6-12(8-19-13)15(16,17)18/h6-8,10-11H,3-5,9H2,1-2H3. The molecule has 1 fully saturated rings. The molecule has 7 heteroatoms. The first kappa shape index (κ1) is 17.1. The summed E-state index contributed by atoms with van der Waals surface area (Å²) in [5.41, 5.74) is -0.776. The Labute approximate surface area is 132 Å². The van der Waals surface area contributed by atoms with Crippen molar-refractivity contribution in [3.63, 3.8) is 0 Å². The normalized spacial score (nSPS) is 22.7. The first-order valence-corrected chi connectivity index (χ1v) is 8.25. The number of rotatable bonds is 3. The summed E-state index contributed by atoms with van der Waals surface area (Å²) in [7, 11) is 0. The predicted octanol–water partition coefficient (Wildman–Crippen LogP) is 3.98. The molecule has 0 aliphatic carbocycles. The molecule has 1 aromatic heterocycles. The molecule has 1 aromatic rings. The summed E-state index contributed by atoms with van der Waals surface area (Å²) in [6.07, 6.45) is -0.456. The van der Waals surface area contributed by atoms with E-state index < -0.39 is 11.7 Å². The Morgan fingerprint density at radius 2 is 1.95 bits per heavy atom. The molecule has 0 spiro atoms. The highest BCUT2D eigenvalue weighted by Crippen LogP contribution is 2.30. The van der Waals surface area contributed by atoms with Crippen LogP contribution in [0.4, 0.5) is 13.2 Å². The van der Waals surface area contributed by atoms with Gasteiger partial charge in [0, 0.05) is 18.3 Å². The molecule has 0 aromatic carbocycles. The maximum atomic E-state index is 12.5. The number of amides is 1. The van der Waals surface area contributed by atoms with Crippen LogP contribution < -0.4 is 0 Å². The van der Waals surface area contributed by atoms with Crippen LogP contribution in [0.15, 0.2) is 23.4 Å². The molecular weight excluding hydrogens is 313 g/mol. The van der Waals surface area contributed by atoms with Crippen LogP contribution in [0.5, 0.6) is 0 Å². The van der Waals surface area contributed by atoms with Crippen LogP contribution in [0.25, 0.3) is 0 Å². The SMILES string of the molecule is CC1CCCC(C)N1C(=O)CSc1ccc(C(F)(F)F)cn1. The van der Waals surface area contributed by atoms with Gasteiger partial charge in [0.2, 0.25) is 5.91 Å². The minimum Gasteiger partial charge on any atom is -0.337 e. The zero-order valence-electron chi connectivity index (χ0n) is 12.6. The highest BCUT2D eigenvalue weighted by atomic mass is 32.2. The molecule has 3 nitrogen and oxygen atoms in total. The fourth-order valence-corrected chi connectivity index (χ4v) is 3.47. The Kier molecular flexibility index (Phi) is 5.36. The molecular formula is C15H19F3N2OS. The molecule has 1 saturated heterocycles. The number of nitrogens with zero attached hydrogens (tertiary/aromatic N) is 2. The van der Waals surface area contributed by atoms with Gasteiger partial charge in [0.05, 0.1) is 16.3 Å². The van der Waals surface area contributed by atoms with Crippen molar-refractivity contribution >= 4 is 17.7 Å². The summed E-state index contributed by atoms with van der Waals surface area (Å²) in [6.45, 7) is 4.07. The topological polar surface area (TPSA) is 33.2 Å². The van der Waals surface area contributed by atoms with Crippen molar-refractivity contribution in [1.29, 1.82) is 0 Å². The van der Waals surface area contributed by atoms with Crippen molar-refractivity contribution in [3.8, 4) is 0 Å². The number of carbonyl (C=O) groups excluding carboxylic acids is 1. The Hall–Kier alpha value is -1.24. The predicted molar refractivity (Wildman–Crippen MR) is 79.6 cm³/mol. The van der Waals surface area contributed by atoms with E-state index in [0.29, 0.717) is 5.03 Å². The molecule has 0 saturated carbocycles. The number of halogens is 3. The molecule has 2 atom stereocenters. The summed E-state index contributed by atoms with van der Waals surface area (Å²) in [5, 5.41) is 0.429. The third-order valence-electron chi connectivity index (χ3n) is 3.89. The molecule has 0 bridgehead atoms. The highest BCUT2D eigenvalue weighted by molar-refractivity contribution is 7.99. The molecule has 2 heterocycles. The average molecular weight is 332 g/mol. The van der Waals surface area contributed by atoms with E-state index in [9.17, 15) is 18.0 Å². The van der Waals surface area contributed by atoms with E-state index in [1.807, 2.05) is 18.7 Å². The Bertz CT molecular complexity index is 509. The van der Waals surface area contributed by atoms with E-state index in [4.69, 9.17) is 0 Å². The quantitative estimate of drug-likeness (QED) is 0.785. The molecule has 2 unspecified atom stereocenters. The number of pyridine rings is 1. The summed E-state index contributed by atoms with van der Waals surface area (Å²) in [6, 6.07) is 2.74. The van der Waals surface area contributed by atoms with Crippen molar-refractivity contribution in [3.05, 3.63) is 23.9 Å². The van der Waals surface area contributed by atoms with Crippen LogP contribution in [0.1, 0.15) is 38.7 Å². The smallest absolute Gasteiger partial charge is 0.337 e. The first-order valence-electron chi connectivity index (χ1n) is 7.26. The fourth-order valence-electron chi connectivity index (χ4n) is 2.76. The number of hydrogen-bond acceptors (Lipinski definition) is 3. The lowest BCUT2D eigenvalue weighted by atomic mass is 9.98. The van der Waals surface area contributed by atoms with Crippen LogP contribution in [-0.2, 0) is 11.0 Å². The van der Waals surface area contributed by atoms with Gasteiger partial charge in [0.15, 0.2) is 0 Å². The molecule has 0 radical (unpaired) electrons. The highest BCUT2D eigenvalue weighted by Gasteiger charge is 2.31. The van der Waals surface area contributed by atoms with Crippen molar-refractivity contribution in [2.75, 3.05) is 5.75 Å². The second-order valence-electron chi connectivity index (χ2n) is 5.60.